The molecule has 0 saturated heterocycles. The van der Waals surface area contributed by atoms with Gasteiger partial charge in [0.25, 0.3) is 5.22 Å². The Bertz CT molecular complexity index is 1230. The molecule has 1 N–H and O–H groups in total. The molecule has 2 heterocycles. The molecule has 2 aromatic heterocycles. The summed E-state index contributed by atoms with van der Waals surface area (Å²) in [5, 5.41) is 13.2. The van der Waals surface area contributed by atoms with Crippen LogP contribution in [0.5, 0.6) is 5.75 Å². The Morgan fingerprint density at radius 3 is 2.44 bits per heavy atom. The van der Waals surface area contributed by atoms with Crippen molar-refractivity contribution in [1.29, 1.82) is 0 Å². The lowest BCUT2D eigenvalue weighted by Gasteiger charge is -2.06. The highest BCUT2D eigenvalue weighted by Gasteiger charge is 2.20. The van der Waals surface area contributed by atoms with Gasteiger partial charge in [-0.05, 0) is 72.4 Å². The quantitative estimate of drug-likeness (QED) is 0.131. The Hall–Kier alpha value is -3.69. The van der Waals surface area contributed by atoms with Gasteiger partial charge in [-0.3, -0.25) is 15.2 Å². The Kier molecular flexibility index (Phi) is 6.78. The Balaban J connectivity index is 1.60. The van der Waals surface area contributed by atoms with Crippen molar-refractivity contribution >= 4 is 39.9 Å². The number of hydrogen-bond acceptors (Lipinski definition) is 9. The molecule has 0 unspecified atom stereocenters. The van der Waals surface area contributed by atoms with Crippen LogP contribution in [0.1, 0.15) is 10.4 Å². The van der Waals surface area contributed by atoms with Crippen LogP contribution >= 0.6 is 23.4 Å². The maximum atomic E-state index is 13.1. The lowest BCUT2D eigenvalue weighted by atomic mass is 10.1. The topological polar surface area (TPSA) is 102 Å². The minimum absolute atomic E-state index is 0.119. The number of methoxy groups -OCH3 is 1. The minimum atomic E-state index is -0.323. The number of hydrazone groups is 1. The van der Waals surface area contributed by atoms with Crippen molar-refractivity contribution < 1.29 is 13.9 Å². The maximum absolute atomic E-state index is 13.1. The zero-order valence-electron chi connectivity index (χ0n) is 16.7. The summed E-state index contributed by atoms with van der Waals surface area (Å²) >= 11 is 6.91. The molecule has 32 heavy (non-hydrogen) atoms. The number of ketones is 1. The van der Waals surface area contributed by atoms with Crippen molar-refractivity contribution in [3.63, 3.8) is 0 Å². The molecular formula is C22H16ClN5O3S. The molecule has 0 aliphatic rings. The number of Topliss-reactive ketones (excluding diaryl/α,β-unsaturated/α-hetero) is 1. The van der Waals surface area contributed by atoms with Crippen molar-refractivity contribution in [3.05, 3.63) is 83.6 Å². The van der Waals surface area contributed by atoms with E-state index in [0.717, 1.165) is 17.3 Å². The summed E-state index contributed by atoms with van der Waals surface area (Å²) in [5.74, 6) is 0.702. The first-order chi connectivity index (χ1) is 15.6. The minimum Gasteiger partial charge on any atom is -0.497 e. The number of ether oxygens (including phenoxy) is 1. The summed E-state index contributed by atoms with van der Waals surface area (Å²) in [7, 11) is 1.59. The molecule has 0 atom stereocenters. The third-order valence-electron chi connectivity index (χ3n) is 4.19. The molecular weight excluding hydrogens is 450 g/mol. The number of thioether (sulfide) groups is 1. The number of halogens is 1. The fourth-order valence-corrected chi connectivity index (χ4v) is 3.37. The molecule has 0 aliphatic heterocycles. The number of nitrogens with one attached hydrogen (secondary N) is 1. The van der Waals surface area contributed by atoms with Gasteiger partial charge in [0.1, 0.15) is 5.75 Å². The lowest BCUT2D eigenvalue weighted by molar-refractivity contribution is 0.106. The van der Waals surface area contributed by atoms with Crippen LogP contribution in [0.25, 0.3) is 11.5 Å². The van der Waals surface area contributed by atoms with Gasteiger partial charge in [-0.2, -0.15) is 5.10 Å². The summed E-state index contributed by atoms with van der Waals surface area (Å²) in [6.45, 7) is 0. The zero-order chi connectivity index (χ0) is 22.3. The second-order valence-corrected chi connectivity index (χ2v) is 7.68. The molecule has 0 spiro atoms. The van der Waals surface area contributed by atoms with E-state index in [1.165, 1.54) is 0 Å². The summed E-state index contributed by atoms with van der Waals surface area (Å²) < 4.78 is 10.9. The van der Waals surface area contributed by atoms with E-state index in [1.807, 2.05) is 0 Å². The van der Waals surface area contributed by atoms with E-state index in [4.69, 9.17) is 20.8 Å². The van der Waals surface area contributed by atoms with E-state index in [2.05, 4.69) is 25.7 Å². The van der Waals surface area contributed by atoms with Crippen LogP contribution in [0.2, 0.25) is 5.02 Å². The number of aromatic nitrogens is 3. The van der Waals surface area contributed by atoms with Gasteiger partial charge in [0.2, 0.25) is 11.7 Å². The Morgan fingerprint density at radius 1 is 1.03 bits per heavy atom. The van der Waals surface area contributed by atoms with Gasteiger partial charge in [-0.15, -0.1) is 10.2 Å². The van der Waals surface area contributed by atoms with E-state index in [0.29, 0.717) is 27.9 Å². The highest BCUT2D eigenvalue weighted by atomic mass is 35.5. The standard InChI is InChI=1S/C22H16ClN5O3S/c1-30-18-8-6-17(7-9-18)25-27-21(19(29)14-2-4-16(23)5-3-14)32-22-28-26-20(31-22)15-10-12-24-13-11-15/h2-13,25H,1H3/b27-21-. The van der Waals surface area contributed by atoms with Crippen molar-refractivity contribution in [2.45, 2.75) is 5.22 Å². The van der Waals surface area contributed by atoms with Crippen LogP contribution < -0.4 is 10.2 Å². The average Bonchev–Trinajstić information content (AvgIpc) is 3.31. The molecule has 0 amide bonds. The van der Waals surface area contributed by atoms with E-state index < -0.39 is 0 Å². The number of pyridine rings is 1. The predicted molar refractivity (Wildman–Crippen MR) is 123 cm³/mol. The Labute approximate surface area is 192 Å². The molecule has 0 saturated carbocycles. The fraction of sp³-hybridized carbons (Fsp3) is 0.0455. The molecule has 4 rings (SSSR count). The highest BCUT2D eigenvalue weighted by molar-refractivity contribution is 8.15. The van der Waals surface area contributed by atoms with Crippen LogP contribution in [0.4, 0.5) is 5.69 Å². The lowest BCUT2D eigenvalue weighted by Crippen LogP contribution is -2.13. The first kappa shape index (κ1) is 21.5. The third-order valence-corrected chi connectivity index (χ3v) is 5.26. The predicted octanol–water partition coefficient (Wildman–Crippen LogP) is 5.19. The second kappa shape index (κ2) is 10.1. The SMILES string of the molecule is COc1ccc(N/N=C(\Sc2nnc(-c3ccncc3)o2)C(=O)c2ccc(Cl)cc2)cc1. The number of carbonyl (C=O) groups excluding carboxylic acids is 1. The van der Waals surface area contributed by atoms with Gasteiger partial charge in [0.15, 0.2) is 5.04 Å². The maximum Gasteiger partial charge on any atom is 0.283 e. The number of rotatable bonds is 7. The molecule has 160 valence electrons. The second-order valence-electron chi connectivity index (χ2n) is 6.30. The van der Waals surface area contributed by atoms with E-state index in [-0.39, 0.29) is 16.0 Å². The van der Waals surface area contributed by atoms with Gasteiger partial charge in [-0.1, -0.05) is 11.6 Å². The molecule has 0 radical (unpaired) electrons. The summed E-state index contributed by atoms with van der Waals surface area (Å²) in [6.07, 6.45) is 3.25. The van der Waals surface area contributed by atoms with Crippen LogP contribution in [-0.2, 0) is 0 Å². The molecule has 4 aromatic rings. The molecule has 8 nitrogen and oxygen atoms in total. The van der Waals surface area contributed by atoms with Crippen LogP contribution in [0.3, 0.4) is 0 Å². The largest absolute Gasteiger partial charge is 0.497 e. The normalized spacial score (nSPS) is 11.2. The third kappa shape index (κ3) is 5.32. The smallest absolute Gasteiger partial charge is 0.283 e. The van der Waals surface area contributed by atoms with Gasteiger partial charge in [0, 0.05) is 28.5 Å². The number of anilines is 1. The number of carbonyl (C=O) groups is 1. The Morgan fingerprint density at radius 2 is 1.75 bits per heavy atom. The van der Waals surface area contributed by atoms with Crippen molar-refractivity contribution in [1.82, 2.24) is 15.2 Å². The van der Waals surface area contributed by atoms with Crippen LogP contribution in [0, 0.1) is 0 Å². The molecule has 10 heteroatoms. The summed E-state index contributed by atoms with van der Waals surface area (Å²) in [5.41, 5.74) is 4.70. The van der Waals surface area contributed by atoms with E-state index in [1.54, 1.807) is 80.2 Å². The van der Waals surface area contributed by atoms with Gasteiger partial charge in [0.05, 0.1) is 12.8 Å². The molecule has 2 aromatic carbocycles. The number of nitrogens with zero attached hydrogens (tertiary/aromatic N) is 4. The summed E-state index contributed by atoms with van der Waals surface area (Å²) in [6, 6.07) is 17.2. The number of benzene rings is 2. The van der Waals surface area contributed by atoms with Crippen molar-refractivity contribution in [2.75, 3.05) is 12.5 Å². The first-order valence-electron chi connectivity index (χ1n) is 9.32. The fourth-order valence-electron chi connectivity index (χ4n) is 2.57. The van der Waals surface area contributed by atoms with Crippen molar-refractivity contribution in [3.8, 4) is 17.2 Å². The average molecular weight is 466 g/mol. The molecule has 0 fully saturated rings. The molecule has 0 aliphatic carbocycles. The van der Waals surface area contributed by atoms with Gasteiger partial charge < -0.3 is 9.15 Å². The van der Waals surface area contributed by atoms with Gasteiger partial charge in [-0.25, -0.2) is 0 Å². The van der Waals surface area contributed by atoms with Gasteiger partial charge >= 0.3 is 0 Å². The van der Waals surface area contributed by atoms with Crippen molar-refractivity contribution in [2.24, 2.45) is 5.10 Å². The van der Waals surface area contributed by atoms with E-state index >= 15 is 0 Å². The van der Waals surface area contributed by atoms with Crippen LogP contribution in [-0.4, -0.2) is 33.1 Å². The van der Waals surface area contributed by atoms with E-state index in [9.17, 15) is 4.79 Å². The zero-order valence-corrected chi connectivity index (χ0v) is 18.3. The molecule has 0 bridgehead atoms. The first-order valence-corrected chi connectivity index (χ1v) is 10.5. The van der Waals surface area contributed by atoms with Crippen LogP contribution in [0.15, 0.2) is 87.8 Å². The summed E-state index contributed by atoms with van der Waals surface area (Å²) in [4.78, 5) is 17.1. The monoisotopic (exact) mass is 465 g/mol. The highest BCUT2D eigenvalue weighted by Crippen LogP contribution is 2.26. The number of hydrogen-bond donors (Lipinski definition) is 1.